The summed E-state index contributed by atoms with van der Waals surface area (Å²) in [6.07, 6.45) is 0.785. The number of nitrogens with one attached hydrogen (secondary N) is 1. The number of hydrogen-bond acceptors (Lipinski definition) is 5. The third-order valence-corrected chi connectivity index (χ3v) is 7.15. The Balaban J connectivity index is 2.00. The minimum Gasteiger partial charge on any atom is -0.379 e. The van der Waals surface area contributed by atoms with Crippen LogP contribution in [0.1, 0.15) is 25.1 Å². The van der Waals surface area contributed by atoms with Crippen LogP contribution in [0.25, 0.3) is 0 Å². The average Bonchev–Trinajstić information content (AvgIpc) is 3.02. The van der Waals surface area contributed by atoms with Gasteiger partial charge in [0.05, 0.1) is 19.8 Å². The fraction of sp³-hybridized carbons (Fsp3) is 0.643. The second-order valence-corrected chi connectivity index (χ2v) is 8.60. The first-order chi connectivity index (χ1) is 10.4. The number of amides is 1. The van der Waals surface area contributed by atoms with Crippen LogP contribution in [0, 0.1) is 5.92 Å². The summed E-state index contributed by atoms with van der Waals surface area (Å²) in [5, 5.41) is 2.84. The van der Waals surface area contributed by atoms with Crippen molar-refractivity contribution in [2.24, 2.45) is 5.92 Å². The van der Waals surface area contributed by atoms with Gasteiger partial charge in [-0.1, -0.05) is 13.8 Å². The van der Waals surface area contributed by atoms with E-state index < -0.39 is 10.0 Å². The summed E-state index contributed by atoms with van der Waals surface area (Å²) >= 11 is 1.21. The molecule has 22 heavy (non-hydrogen) atoms. The molecule has 0 bridgehead atoms. The Hall–Kier alpha value is -0.960. The number of ether oxygens (including phenoxy) is 1. The van der Waals surface area contributed by atoms with Gasteiger partial charge in [-0.05, 0) is 18.6 Å². The number of morpholine rings is 1. The van der Waals surface area contributed by atoms with E-state index in [0.29, 0.717) is 37.1 Å². The topological polar surface area (TPSA) is 75.7 Å². The molecule has 6 nitrogen and oxygen atoms in total. The molecular formula is C14H22N2O4S2. The van der Waals surface area contributed by atoms with E-state index >= 15 is 0 Å². The molecule has 0 aromatic carbocycles. The molecule has 1 aromatic heterocycles. The Morgan fingerprint density at radius 2 is 2.09 bits per heavy atom. The Morgan fingerprint density at radius 1 is 1.41 bits per heavy atom. The van der Waals surface area contributed by atoms with Gasteiger partial charge < -0.3 is 10.1 Å². The standard InChI is InChI=1S/C14H22N2O4S2/c1-3-11(2)14(17)15-10-12-4-5-13(21-12)22(18,19)16-6-8-20-9-7-16/h4-5,11H,3,6-10H2,1-2H3,(H,15,17)/t11-/m1/s1. The molecule has 1 fully saturated rings. The van der Waals surface area contributed by atoms with Crippen molar-refractivity contribution in [3.05, 3.63) is 17.0 Å². The zero-order valence-electron chi connectivity index (χ0n) is 12.9. The smallest absolute Gasteiger partial charge is 0.252 e. The van der Waals surface area contributed by atoms with Crippen LogP contribution >= 0.6 is 11.3 Å². The van der Waals surface area contributed by atoms with Gasteiger partial charge in [0.2, 0.25) is 5.91 Å². The highest BCUT2D eigenvalue weighted by Crippen LogP contribution is 2.25. The number of carbonyl (C=O) groups excluding carboxylic acids is 1. The van der Waals surface area contributed by atoms with Crippen LogP contribution in [0.4, 0.5) is 0 Å². The third-order valence-electron chi connectivity index (χ3n) is 3.70. The summed E-state index contributed by atoms with van der Waals surface area (Å²) in [7, 11) is -3.44. The van der Waals surface area contributed by atoms with E-state index in [0.717, 1.165) is 11.3 Å². The molecule has 0 spiro atoms. The van der Waals surface area contributed by atoms with Crippen LogP contribution in [0.3, 0.4) is 0 Å². The number of sulfonamides is 1. The maximum atomic E-state index is 12.5. The number of carbonyl (C=O) groups is 1. The Bertz CT molecular complexity index is 606. The second kappa shape index (κ2) is 7.54. The Labute approximate surface area is 135 Å². The van der Waals surface area contributed by atoms with Crippen molar-refractivity contribution in [1.82, 2.24) is 9.62 Å². The first-order valence-corrected chi connectivity index (χ1v) is 9.65. The molecule has 2 rings (SSSR count). The van der Waals surface area contributed by atoms with Gasteiger partial charge in [-0.15, -0.1) is 11.3 Å². The molecule has 1 aliphatic heterocycles. The lowest BCUT2D eigenvalue weighted by molar-refractivity contribution is -0.124. The molecule has 8 heteroatoms. The highest BCUT2D eigenvalue weighted by Gasteiger charge is 2.27. The zero-order chi connectivity index (χ0) is 16.2. The molecule has 0 unspecified atom stereocenters. The van der Waals surface area contributed by atoms with E-state index in [4.69, 9.17) is 4.74 Å². The molecule has 2 heterocycles. The van der Waals surface area contributed by atoms with Crippen LogP contribution in [0.5, 0.6) is 0 Å². The van der Waals surface area contributed by atoms with E-state index in [1.54, 1.807) is 12.1 Å². The van der Waals surface area contributed by atoms with Crippen molar-refractivity contribution in [2.45, 2.75) is 31.0 Å². The van der Waals surface area contributed by atoms with Crippen molar-refractivity contribution in [1.29, 1.82) is 0 Å². The quantitative estimate of drug-likeness (QED) is 0.845. The predicted molar refractivity (Wildman–Crippen MR) is 85.2 cm³/mol. The van der Waals surface area contributed by atoms with Gasteiger partial charge >= 0.3 is 0 Å². The minimum absolute atomic E-state index is 0.00603. The molecule has 1 saturated heterocycles. The molecular weight excluding hydrogens is 324 g/mol. The summed E-state index contributed by atoms with van der Waals surface area (Å²) in [6.45, 7) is 5.85. The lowest BCUT2D eigenvalue weighted by Gasteiger charge is -2.25. The Kier molecular flexibility index (Phi) is 5.96. The van der Waals surface area contributed by atoms with Crippen molar-refractivity contribution < 1.29 is 17.9 Å². The third kappa shape index (κ3) is 4.07. The lowest BCUT2D eigenvalue weighted by atomic mass is 10.1. The van der Waals surface area contributed by atoms with E-state index in [-0.39, 0.29) is 11.8 Å². The lowest BCUT2D eigenvalue weighted by Crippen LogP contribution is -2.40. The van der Waals surface area contributed by atoms with Gasteiger partial charge in [-0.2, -0.15) is 4.31 Å². The van der Waals surface area contributed by atoms with E-state index in [1.165, 1.54) is 15.6 Å². The number of thiophene rings is 1. The molecule has 0 radical (unpaired) electrons. The molecule has 1 amide bonds. The molecule has 1 aliphatic rings. The van der Waals surface area contributed by atoms with Crippen LogP contribution in [-0.4, -0.2) is 44.9 Å². The number of hydrogen-bond donors (Lipinski definition) is 1. The van der Waals surface area contributed by atoms with E-state index in [2.05, 4.69) is 5.32 Å². The summed E-state index contributed by atoms with van der Waals surface area (Å²) in [6, 6.07) is 3.37. The van der Waals surface area contributed by atoms with Crippen LogP contribution in [0.2, 0.25) is 0 Å². The summed E-state index contributed by atoms with van der Waals surface area (Å²) < 4.78 is 31.9. The van der Waals surface area contributed by atoms with E-state index in [9.17, 15) is 13.2 Å². The normalized spacial score (nSPS) is 18.1. The van der Waals surface area contributed by atoms with E-state index in [1.807, 2.05) is 13.8 Å². The summed E-state index contributed by atoms with van der Waals surface area (Å²) in [5.41, 5.74) is 0. The first-order valence-electron chi connectivity index (χ1n) is 7.39. The monoisotopic (exact) mass is 346 g/mol. The highest BCUT2D eigenvalue weighted by molar-refractivity contribution is 7.91. The zero-order valence-corrected chi connectivity index (χ0v) is 14.5. The predicted octanol–water partition coefficient (Wildman–Crippen LogP) is 1.43. The molecule has 0 aliphatic carbocycles. The van der Waals surface area contributed by atoms with Crippen molar-refractivity contribution in [3.8, 4) is 0 Å². The van der Waals surface area contributed by atoms with Crippen LogP contribution in [0.15, 0.2) is 16.3 Å². The molecule has 1 N–H and O–H groups in total. The van der Waals surface area contributed by atoms with Crippen molar-refractivity contribution >= 4 is 27.3 Å². The van der Waals surface area contributed by atoms with Gasteiger partial charge in [0, 0.05) is 23.9 Å². The molecule has 0 saturated carbocycles. The van der Waals surface area contributed by atoms with Crippen LogP contribution in [-0.2, 0) is 26.1 Å². The minimum atomic E-state index is -3.44. The molecule has 1 aromatic rings. The SMILES string of the molecule is CC[C@@H](C)C(=O)NCc1ccc(S(=O)(=O)N2CCOCC2)s1. The molecule has 124 valence electrons. The molecule has 1 atom stereocenters. The highest BCUT2D eigenvalue weighted by atomic mass is 32.2. The van der Waals surface area contributed by atoms with Crippen molar-refractivity contribution in [3.63, 3.8) is 0 Å². The second-order valence-electron chi connectivity index (χ2n) is 5.26. The van der Waals surface area contributed by atoms with Gasteiger partial charge in [0.25, 0.3) is 10.0 Å². The fourth-order valence-electron chi connectivity index (χ4n) is 2.04. The maximum absolute atomic E-state index is 12.5. The largest absolute Gasteiger partial charge is 0.379 e. The summed E-state index contributed by atoms with van der Waals surface area (Å²) in [4.78, 5) is 12.6. The number of rotatable bonds is 6. The van der Waals surface area contributed by atoms with Gasteiger partial charge in [-0.3, -0.25) is 4.79 Å². The average molecular weight is 346 g/mol. The van der Waals surface area contributed by atoms with Crippen LogP contribution < -0.4 is 5.32 Å². The summed E-state index contributed by atoms with van der Waals surface area (Å²) in [5.74, 6) is -0.0370. The Morgan fingerprint density at radius 3 is 2.73 bits per heavy atom. The van der Waals surface area contributed by atoms with Crippen molar-refractivity contribution in [2.75, 3.05) is 26.3 Å². The fourth-order valence-corrected chi connectivity index (χ4v) is 4.90. The maximum Gasteiger partial charge on any atom is 0.252 e. The number of nitrogens with zero attached hydrogens (tertiary/aromatic N) is 1. The van der Waals surface area contributed by atoms with Gasteiger partial charge in [0.1, 0.15) is 4.21 Å². The first kappa shape index (κ1) is 17.4. The van der Waals surface area contributed by atoms with Gasteiger partial charge in [-0.25, -0.2) is 8.42 Å². The van der Waals surface area contributed by atoms with Gasteiger partial charge in [0.15, 0.2) is 0 Å².